The van der Waals surface area contributed by atoms with Gasteiger partial charge >= 0.3 is 0 Å². The van der Waals surface area contributed by atoms with Gasteiger partial charge in [0.05, 0.1) is 5.02 Å². The van der Waals surface area contributed by atoms with Crippen LogP contribution < -0.4 is 0 Å². The summed E-state index contributed by atoms with van der Waals surface area (Å²) in [6.45, 7) is 1.91. The second-order valence-corrected chi connectivity index (χ2v) is 3.51. The Morgan fingerprint density at radius 2 is 2.14 bits per heavy atom. The molecule has 0 spiro atoms. The number of fused-ring (bicyclic) bond motifs is 1. The Labute approximate surface area is 86.5 Å². The summed E-state index contributed by atoms with van der Waals surface area (Å²) >= 11 is 5.98. The van der Waals surface area contributed by atoms with Crippen LogP contribution in [0, 0.1) is 5.82 Å². The van der Waals surface area contributed by atoms with Crippen molar-refractivity contribution in [3.05, 3.63) is 40.9 Å². The van der Waals surface area contributed by atoms with Crippen LogP contribution in [0.2, 0.25) is 5.02 Å². The van der Waals surface area contributed by atoms with Crippen LogP contribution >= 0.6 is 11.6 Å². The molecule has 1 nitrogen and oxygen atoms in total. The molecule has 1 aromatic carbocycles. The van der Waals surface area contributed by atoms with E-state index in [9.17, 15) is 4.39 Å². The van der Waals surface area contributed by atoms with E-state index in [0.29, 0.717) is 17.0 Å². The molecule has 14 heavy (non-hydrogen) atoms. The smallest absolute Gasteiger partial charge is 0.127 e. The molecule has 0 amide bonds. The van der Waals surface area contributed by atoms with Crippen LogP contribution in [-0.2, 0) is 6.42 Å². The summed E-state index contributed by atoms with van der Waals surface area (Å²) in [7, 11) is 0. The average Bonchev–Trinajstić information content (AvgIpc) is 2.19. The Kier molecular flexibility index (Phi) is 2.38. The number of benzene rings is 1. The standard InChI is InChI=1S/C11H9ClFN/c1-2-8-10(13)4-3-7-5-14-6-9(12)11(7)8/h3-6H,2H2,1H3. The lowest BCUT2D eigenvalue weighted by atomic mass is 10.0. The van der Waals surface area contributed by atoms with Gasteiger partial charge in [0.1, 0.15) is 5.82 Å². The van der Waals surface area contributed by atoms with Crippen molar-refractivity contribution < 1.29 is 4.39 Å². The Morgan fingerprint density at radius 1 is 1.36 bits per heavy atom. The number of aromatic nitrogens is 1. The van der Waals surface area contributed by atoms with Gasteiger partial charge in [0, 0.05) is 23.2 Å². The molecule has 1 heterocycles. The predicted molar refractivity (Wildman–Crippen MR) is 56.1 cm³/mol. The van der Waals surface area contributed by atoms with Gasteiger partial charge in [0.25, 0.3) is 0 Å². The van der Waals surface area contributed by atoms with Crippen LogP contribution in [0.15, 0.2) is 24.5 Å². The minimum atomic E-state index is -0.201. The van der Waals surface area contributed by atoms with Crippen molar-refractivity contribution in [1.29, 1.82) is 0 Å². The molecule has 0 radical (unpaired) electrons. The minimum absolute atomic E-state index is 0.201. The van der Waals surface area contributed by atoms with Crippen molar-refractivity contribution in [3.63, 3.8) is 0 Å². The number of hydrogen-bond donors (Lipinski definition) is 0. The lowest BCUT2D eigenvalue weighted by molar-refractivity contribution is 0.615. The topological polar surface area (TPSA) is 12.9 Å². The van der Waals surface area contributed by atoms with Gasteiger partial charge in [0.15, 0.2) is 0 Å². The summed E-state index contributed by atoms with van der Waals surface area (Å²) in [4.78, 5) is 3.96. The van der Waals surface area contributed by atoms with E-state index in [0.717, 1.165) is 10.8 Å². The second kappa shape index (κ2) is 3.54. The highest BCUT2D eigenvalue weighted by molar-refractivity contribution is 6.35. The van der Waals surface area contributed by atoms with Gasteiger partial charge in [-0.05, 0) is 24.1 Å². The molecule has 0 bridgehead atoms. The average molecular weight is 210 g/mol. The molecule has 2 aromatic rings. The van der Waals surface area contributed by atoms with E-state index < -0.39 is 0 Å². The molecule has 0 saturated carbocycles. The third kappa shape index (κ3) is 1.36. The number of aryl methyl sites for hydroxylation is 1. The molecule has 0 aliphatic carbocycles. The fourth-order valence-corrected chi connectivity index (χ4v) is 1.90. The van der Waals surface area contributed by atoms with Crippen LogP contribution in [0.3, 0.4) is 0 Å². The van der Waals surface area contributed by atoms with E-state index in [2.05, 4.69) is 4.98 Å². The van der Waals surface area contributed by atoms with Gasteiger partial charge in [-0.2, -0.15) is 0 Å². The SMILES string of the molecule is CCc1c(F)ccc2cncc(Cl)c12. The monoisotopic (exact) mass is 209 g/mol. The lowest BCUT2D eigenvalue weighted by Crippen LogP contribution is -1.91. The summed E-state index contributed by atoms with van der Waals surface area (Å²) in [5.41, 5.74) is 0.662. The maximum Gasteiger partial charge on any atom is 0.127 e. The predicted octanol–water partition coefficient (Wildman–Crippen LogP) is 3.59. The van der Waals surface area contributed by atoms with E-state index in [-0.39, 0.29) is 5.82 Å². The van der Waals surface area contributed by atoms with E-state index in [4.69, 9.17) is 11.6 Å². The molecule has 1 aromatic heterocycles. The van der Waals surface area contributed by atoms with Crippen molar-refractivity contribution in [2.45, 2.75) is 13.3 Å². The molecule has 0 saturated heterocycles. The van der Waals surface area contributed by atoms with Crippen molar-refractivity contribution in [2.24, 2.45) is 0 Å². The Balaban J connectivity index is 2.91. The molecule has 0 N–H and O–H groups in total. The number of nitrogens with zero attached hydrogens (tertiary/aromatic N) is 1. The number of rotatable bonds is 1. The first kappa shape index (κ1) is 9.41. The van der Waals surface area contributed by atoms with Crippen molar-refractivity contribution in [1.82, 2.24) is 4.98 Å². The third-order valence-electron chi connectivity index (χ3n) is 2.28. The first-order valence-corrected chi connectivity index (χ1v) is 4.82. The highest BCUT2D eigenvalue weighted by Gasteiger charge is 2.08. The Bertz CT molecular complexity index is 482. The van der Waals surface area contributed by atoms with Crippen molar-refractivity contribution in [3.8, 4) is 0 Å². The molecule has 2 rings (SSSR count). The second-order valence-electron chi connectivity index (χ2n) is 3.10. The number of hydrogen-bond acceptors (Lipinski definition) is 1. The number of halogens is 2. The van der Waals surface area contributed by atoms with Crippen LogP contribution in [0.1, 0.15) is 12.5 Å². The summed E-state index contributed by atoms with van der Waals surface area (Å²) in [5, 5.41) is 2.18. The lowest BCUT2D eigenvalue weighted by Gasteiger charge is -2.06. The third-order valence-corrected chi connectivity index (χ3v) is 2.57. The normalized spacial score (nSPS) is 10.8. The van der Waals surface area contributed by atoms with Crippen LogP contribution in [0.4, 0.5) is 4.39 Å². The van der Waals surface area contributed by atoms with Gasteiger partial charge in [-0.25, -0.2) is 4.39 Å². The molecule has 72 valence electrons. The van der Waals surface area contributed by atoms with Gasteiger partial charge in [-0.1, -0.05) is 18.5 Å². The molecule has 3 heteroatoms. The highest BCUT2D eigenvalue weighted by Crippen LogP contribution is 2.27. The van der Waals surface area contributed by atoms with Crippen LogP contribution in [0.25, 0.3) is 10.8 Å². The largest absolute Gasteiger partial charge is 0.263 e. The zero-order chi connectivity index (χ0) is 10.1. The minimum Gasteiger partial charge on any atom is -0.263 e. The van der Waals surface area contributed by atoms with Gasteiger partial charge in [0.2, 0.25) is 0 Å². The zero-order valence-electron chi connectivity index (χ0n) is 7.72. The van der Waals surface area contributed by atoms with Gasteiger partial charge in [-0.3, -0.25) is 4.98 Å². The maximum atomic E-state index is 13.4. The van der Waals surface area contributed by atoms with E-state index >= 15 is 0 Å². The first-order valence-electron chi connectivity index (χ1n) is 4.44. The first-order chi connectivity index (χ1) is 6.74. The summed E-state index contributed by atoms with van der Waals surface area (Å²) in [5.74, 6) is -0.201. The molecule has 0 aliphatic rings. The number of pyridine rings is 1. The zero-order valence-corrected chi connectivity index (χ0v) is 8.48. The Hall–Kier alpha value is -1.15. The van der Waals surface area contributed by atoms with Gasteiger partial charge < -0.3 is 0 Å². The fraction of sp³-hybridized carbons (Fsp3) is 0.182. The highest BCUT2D eigenvalue weighted by atomic mass is 35.5. The van der Waals surface area contributed by atoms with Crippen molar-refractivity contribution >= 4 is 22.4 Å². The maximum absolute atomic E-state index is 13.4. The van der Waals surface area contributed by atoms with Crippen LogP contribution in [0.5, 0.6) is 0 Å². The molecule has 0 aliphatic heterocycles. The fourth-order valence-electron chi connectivity index (χ4n) is 1.62. The van der Waals surface area contributed by atoms with Crippen molar-refractivity contribution in [2.75, 3.05) is 0 Å². The summed E-state index contributed by atoms with van der Waals surface area (Å²) in [6.07, 6.45) is 3.87. The van der Waals surface area contributed by atoms with Gasteiger partial charge in [-0.15, -0.1) is 0 Å². The molecule has 0 unspecified atom stereocenters. The molecule has 0 fully saturated rings. The van der Waals surface area contributed by atoms with E-state index in [1.807, 2.05) is 6.92 Å². The van der Waals surface area contributed by atoms with E-state index in [1.54, 1.807) is 18.5 Å². The van der Waals surface area contributed by atoms with Crippen LogP contribution in [-0.4, -0.2) is 4.98 Å². The molecular weight excluding hydrogens is 201 g/mol. The summed E-state index contributed by atoms with van der Waals surface area (Å²) in [6, 6.07) is 3.15. The quantitative estimate of drug-likeness (QED) is 0.700. The summed E-state index contributed by atoms with van der Waals surface area (Å²) < 4.78 is 13.4. The molecule has 0 atom stereocenters. The molecular formula is C11H9ClFN. The Morgan fingerprint density at radius 3 is 2.86 bits per heavy atom. The van der Waals surface area contributed by atoms with E-state index in [1.165, 1.54) is 6.07 Å².